The van der Waals surface area contributed by atoms with Crippen LogP contribution in [0.2, 0.25) is 5.02 Å². The Kier molecular flexibility index (Phi) is 5.03. The molecule has 3 rings (SSSR count). The maximum Gasteiger partial charge on any atom is 0.343 e. The summed E-state index contributed by atoms with van der Waals surface area (Å²) in [6.45, 7) is 7.56. The molecule has 1 aromatic rings. The number of urea groups is 1. The van der Waals surface area contributed by atoms with E-state index in [0.29, 0.717) is 28.6 Å². The second kappa shape index (κ2) is 6.87. The lowest BCUT2D eigenvalue weighted by molar-refractivity contribution is -0.117. The molecule has 2 N–H and O–H groups in total. The number of halogens is 1. The van der Waals surface area contributed by atoms with Gasteiger partial charge in [-0.1, -0.05) is 37.2 Å². The molecule has 0 saturated heterocycles. The van der Waals surface area contributed by atoms with Gasteiger partial charge in [-0.05, 0) is 43.5 Å². The lowest BCUT2D eigenvalue weighted by Gasteiger charge is -2.29. The minimum absolute atomic E-state index is 0.0401. The molecule has 0 spiro atoms. The highest BCUT2D eigenvalue weighted by Crippen LogP contribution is 2.44. The van der Waals surface area contributed by atoms with Crippen molar-refractivity contribution in [2.24, 2.45) is 10.5 Å². The summed E-state index contributed by atoms with van der Waals surface area (Å²) in [4.78, 5) is 24.6. The standard InChI is InChI=1S/C19H22ClN3O3S/c1-18(2)9-13(24)15(14(25)10-18)16-22-23(19(3,4)27-16)17(26)21-12-7-5-11(20)6-8-12/h5-8,24H,9-10H2,1-4H3,(H,21,26). The van der Waals surface area contributed by atoms with Crippen LogP contribution in [0.15, 0.2) is 40.7 Å². The molecule has 0 fully saturated rings. The summed E-state index contributed by atoms with van der Waals surface area (Å²) in [5, 5.41) is 19.8. The van der Waals surface area contributed by atoms with Gasteiger partial charge < -0.3 is 10.4 Å². The number of hydrogen-bond acceptors (Lipinski definition) is 5. The number of thioether (sulfide) groups is 1. The van der Waals surface area contributed by atoms with Gasteiger partial charge in [-0.15, -0.1) is 0 Å². The number of amides is 2. The second-order valence-corrected chi connectivity index (χ2v) is 9.99. The van der Waals surface area contributed by atoms with Gasteiger partial charge in [0.05, 0.1) is 5.57 Å². The van der Waals surface area contributed by atoms with Crippen LogP contribution in [0.3, 0.4) is 0 Å². The molecule has 0 atom stereocenters. The summed E-state index contributed by atoms with van der Waals surface area (Å²) >= 11 is 7.15. The number of aliphatic hydroxyl groups excluding tert-OH is 1. The van der Waals surface area contributed by atoms with Crippen molar-refractivity contribution in [1.82, 2.24) is 5.01 Å². The van der Waals surface area contributed by atoms with E-state index in [1.165, 1.54) is 16.8 Å². The van der Waals surface area contributed by atoms with Crippen molar-refractivity contribution in [3.8, 4) is 0 Å². The van der Waals surface area contributed by atoms with Crippen LogP contribution in [0.5, 0.6) is 0 Å². The molecule has 1 aromatic carbocycles. The zero-order valence-electron chi connectivity index (χ0n) is 15.7. The molecule has 0 radical (unpaired) electrons. The van der Waals surface area contributed by atoms with Crippen LogP contribution in [-0.4, -0.2) is 31.8 Å². The van der Waals surface area contributed by atoms with E-state index in [4.69, 9.17) is 11.6 Å². The number of nitrogens with zero attached hydrogens (tertiary/aromatic N) is 2. The fourth-order valence-electron chi connectivity index (χ4n) is 3.14. The number of carbonyl (C=O) groups is 2. The number of hydrogen-bond donors (Lipinski definition) is 2. The quantitative estimate of drug-likeness (QED) is 0.708. The molecule has 8 heteroatoms. The molecular formula is C19H22ClN3O3S. The number of rotatable bonds is 2. The largest absolute Gasteiger partial charge is 0.511 e. The molecule has 0 bridgehead atoms. The Hall–Kier alpha value is -1.99. The van der Waals surface area contributed by atoms with Crippen LogP contribution in [-0.2, 0) is 4.79 Å². The van der Waals surface area contributed by atoms with Crippen molar-refractivity contribution in [1.29, 1.82) is 0 Å². The fourth-order valence-corrected chi connectivity index (χ4v) is 4.41. The summed E-state index contributed by atoms with van der Waals surface area (Å²) in [5.74, 6) is -0.107. The third-order valence-corrected chi connectivity index (χ3v) is 5.81. The van der Waals surface area contributed by atoms with Gasteiger partial charge in [0.2, 0.25) is 0 Å². The Labute approximate surface area is 167 Å². The molecule has 0 saturated carbocycles. The predicted molar refractivity (Wildman–Crippen MR) is 109 cm³/mol. The van der Waals surface area contributed by atoms with E-state index in [0.717, 1.165) is 0 Å². The van der Waals surface area contributed by atoms with Crippen LogP contribution in [0.25, 0.3) is 0 Å². The number of ketones is 1. The molecule has 27 heavy (non-hydrogen) atoms. The van der Waals surface area contributed by atoms with Crippen molar-refractivity contribution in [2.45, 2.75) is 45.4 Å². The lowest BCUT2D eigenvalue weighted by atomic mass is 9.77. The van der Waals surface area contributed by atoms with Gasteiger partial charge in [0.25, 0.3) is 0 Å². The van der Waals surface area contributed by atoms with Gasteiger partial charge in [0.1, 0.15) is 15.7 Å². The number of nitrogens with one attached hydrogen (secondary N) is 1. The molecular weight excluding hydrogens is 386 g/mol. The third kappa shape index (κ3) is 4.14. The van der Waals surface area contributed by atoms with E-state index in [1.54, 1.807) is 24.3 Å². The molecule has 1 heterocycles. The lowest BCUT2D eigenvalue weighted by Crippen LogP contribution is -2.41. The average Bonchev–Trinajstić information content (AvgIpc) is 2.82. The van der Waals surface area contributed by atoms with Crippen LogP contribution in [0.4, 0.5) is 10.5 Å². The minimum Gasteiger partial charge on any atom is -0.511 e. The highest BCUT2D eigenvalue weighted by atomic mass is 35.5. The van der Waals surface area contributed by atoms with E-state index in [2.05, 4.69) is 10.4 Å². The van der Waals surface area contributed by atoms with Crippen molar-refractivity contribution < 1.29 is 14.7 Å². The normalized spacial score (nSPS) is 21.3. The Morgan fingerprint density at radius 2 is 1.85 bits per heavy atom. The molecule has 2 aliphatic rings. The van der Waals surface area contributed by atoms with Crippen molar-refractivity contribution in [3.05, 3.63) is 40.6 Å². The van der Waals surface area contributed by atoms with Gasteiger partial charge in [0.15, 0.2) is 5.78 Å². The number of carbonyl (C=O) groups excluding carboxylic acids is 2. The summed E-state index contributed by atoms with van der Waals surface area (Å²) in [6.07, 6.45) is 0.744. The number of allylic oxidation sites excluding steroid dienone is 1. The van der Waals surface area contributed by atoms with Gasteiger partial charge in [0, 0.05) is 23.6 Å². The number of benzene rings is 1. The number of anilines is 1. The first kappa shape index (κ1) is 19.8. The van der Waals surface area contributed by atoms with Gasteiger partial charge >= 0.3 is 6.03 Å². The Morgan fingerprint density at radius 3 is 2.44 bits per heavy atom. The maximum atomic E-state index is 12.7. The summed E-state index contributed by atoms with van der Waals surface area (Å²) in [6, 6.07) is 6.33. The molecule has 1 aliphatic carbocycles. The molecule has 144 valence electrons. The fraction of sp³-hybridized carbons (Fsp3) is 0.421. The maximum absolute atomic E-state index is 12.7. The predicted octanol–water partition coefficient (Wildman–Crippen LogP) is 5.17. The van der Waals surface area contributed by atoms with Gasteiger partial charge in [-0.25, -0.2) is 4.79 Å². The smallest absolute Gasteiger partial charge is 0.343 e. The van der Waals surface area contributed by atoms with Crippen LogP contribution < -0.4 is 5.32 Å². The van der Waals surface area contributed by atoms with Crippen molar-refractivity contribution in [3.63, 3.8) is 0 Å². The van der Waals surface area contributed by atoms with E-state index < -0.39 is 10.9 Å². The van der Waals surface area contributed by atoms with E-state index in [9.17, 15) is 14.7 Å². The number of aliphatic hydroxyl groups is 1. The SMILES string of the molecule is CC1(C)CC(=O)C(C2=NN(C(=O)Nc3ccc(Cl)cc3)C(C)(C)S2)=C(O)C1. The molecule has 0 unspecified atom stereocenters. The van der Waals surface area contributed by atoms with Crippen LogP contribution in [0, 0.1) is 5.41 Å². The molecule has 1 aliphatic heterocycles. The van der Waals surface area contributed by atoms with E-state index >= 15 is 0 Å². The van der Waals surface area contributed by atoms with Crippen LogP contribution >= 0.6 is 23.4 Å². The first-order valence-corrected chi connectivity index (χ1v) is 9.78. The average molecular weight is 408 g/mol. The Bertz CT molecular complexity index is 859. The Balaban J connectivity index is 1.86. The van der Waals surface area contributed by atoms with Crippen molar-refractivity contribution in [2.75, 3.05) is 5.32 Å². The first-order chi connectivity index (χ1) is 12.5. The van der Waals surface area contributed by atoms with Gasteiger partial charge in [-0.3, -0.25) is 4.79 Å². The molecule has 2 amide bonds. The highest BCUT2D eigenvalue weighted by Gasteiger charge is 2.44. The van der Waals surface area contributed by atoms with E-state index in [1.807, 2.05) is 27.7 Å². The summed E-state index contributed by atoms with van der Waals surface area (Å²) in [5.41, 5.74) is 0.538. The first-order valence-electron chi connectivity index (χ1n) is 8.59. The zero-order valence-corrected chi connectivity index (χ0v) is 17.2. The monoisotopic (exact) mass is 407 g/mol. The topological polar surface area (TPSA) is 82.0 Å². The second-order valence-electron chi connectivity index (χ2n) is 7.97. The minimum atomic E-state index is -0.702. The Morgan fingerprint density at radius 1 is 1.22 bits per heavy atom. The van der Waals surface area contributed by atoms with Crippen LogP contribution in [0.1, 0.15) is 40.5 Å². The van der Waals surface area contributed by atoms with Gasteiger partial charge in [-0.2, -0.15) is 10.1 Å². The van der Waals surface area contributed by atoms with Crippen molar-refractivity contribution >= 4 is 45.9 Å². The number of Topliss-reactive ketones (excluding diaryl/α,β-unsaturated/α-hetero) is 1. The highest BCUT2D eigenvalue weighted by molar-refractivity contribution is 8.15. The van der Waals surface area contributed by atoms with E-state index in [-0.39, 0.29) is 22.5 Å². The summed E-state index contributed by atoms with van der Waals surface area (Å²) < 4.78 is 0. The molecule has 0 aromatic heterocycles. The zero-order chi connectivity index (χ0) is 20.0. The molecule has 6 nitrogen and oxygen atoms in total. The summed E-state index contributed by atoms with van der Waals surface area (Å²) in [7, 11) is 0. The third-order valence-electron chi connectivity index (χ3n) is 4.40. The number of hydrazone groups is 1.